The third-order valence-corrected chi connectivity index (χ3v) is 3.72. The van der Waals surface area contributed by atoms with Crippen molar-refractivity contribution in [3.63, 3.8) is 0 Å². The Morgan fingerprint density at radius 3 is 1.96 bits per heavy atom. The minimum atomic E-state index is -1.14. The molecule has 0 heterocycles. The van der Waals surface area contributed by atoms with Crippen molar-refractivity contribution >= 4 is 11.8 Å². The lowest BCUT2D eigenvalue weighted by Crippen LogP contribution is -2.21. The third kappa shape index (κ3) is 3.80. The van der Waals surface area contributed by atoms with E-state index in [0.29, 0.717) is 11.1 Å². The van der Waals surface area contributed by atoms with Crippen LogP contribution in [0.4, 0.5) is 4.39 Å². The average molecular weight is 334 g/mol. The van der Waals surface area contributed by atoms with Gasteiger partial charge in [-0.3, -0.25) is 4.79 Å². The summed E-state index contributed by atoms with van der Waals surface area (Å²) in [5, 5.41) is 0. The second-order valence-corrected chi connectivity index (χ2v) is 5.41. The average Bonchev–Trinajstić information content (AvgIpc) is 2.67. The van der Waals surface area contributed by atoms with Gasteiger partial charge in [-0.1, -0.05) is 72.8 Å². The van der Waals surface area contributed by atoms with Crippen LogP contribution >= 0.6 is 0 Å². The molecule has 4 heteroatoms. The summed E-state index contributed by atoms with van der Waals surface area (Å²) >= 11 is 0. The minimum absolute atomic E-state index is 0.204. The maximum atomic E-state index is 13.8. The number of hydrogen-bond donors (Lipinski definition) is 0. The Balaban J connectivity index is 1.94. The largest absolute Gasteiger partial charge is 0.445 e. The van der Waals surface area contributed by atoms with Crippen LogP contribution in [-0.2, 0) is 4.74 Å². The smallest absolute Gasteiger partial charge is 0.342 e. The third-order valence-electron chi connectivity index (χ3n) is 3.72. The van der Waals surface area contributed by atoms with Crippen molar-refractivity contribution in [3.8, 4) is 0 Å². The molecule has 25 heavy (non-hydrogen) atoms. The van der Waals surface area contributed by atoms with E-state index < -0.39 is 17.9 Å². The first-order valence-electron chi connectivity index (χ1n) is 7.76. The summed E-state index contributed by atoms with van der Waals surface area (Å²) in [6, 6.07) is 22.7. The van der Waals surface area contributed by atoms with E-state index in [1.165, 1.54) is 24.3 Å². The molecule has 124 valence electrons. The molecule has 3 rings (SSSR count). The SMILES string of the molecule is O=C(O[C@@H](C(=O)c1ccccc1)c1ccccc1)c1ccccc1F. The second kappa shape index (κ2) is 7.53. The first-order chi connectivity index (χ1) is 12.2. The molecule has 0 unspecified atom stereocenters. The van der Waals surface area contributed by atoms with E-state index >= 15 is 0 Å². The molecule has 3 nitrogen and oxygen atoms in total. The van der Waals surface area contributed by atoms with Crippen LogP contribution in [-0.4, -0.2) is 11.8 Å². The predicted octanol–water partition coefficient (Wildman–Crippen LogP) is 4.61. The van der Waals surface area contributed by atoms with Crippen LogP contribution < -0.4 is 0 Å². The van der Waals surface area contributed by atoms with Crippen molar-refractivity contribution in [3.05, 3.63) is 107 Å². The number of hydrogen-bond acceptors (Lipinski definition) is 3. The van der Waals surface area contributed by atoms with Gasteiger partial charge in [-0.2, -0.15) is 0 Å². The van der Waals surface area contributed by atoms with E-state index in [1.807, 2.05) is 0 Å². The summed E-state index contributed by atoms with van der Waals surface area (Å²) in [7, 11) is 0. The van der Waals surface area contributed by atoms with Gasteiger partial charge in [-0.05, 0) is 12.1 Å². The lowest BCUT2D eigenvalue weighted by atomic mass is 10.00. The van der Waals surface area contributed by atoms with Crippen molar-refractivity contribution in [2.75, 3.05) is 0 Å². The molecule has 0 bridgehead atoms. The van der Waals surface area contributed by atoms with Crippen LogP contribution in [0.3, 0.4) is 0 Å². The van der Waals surface area contributed by atoms with Crippen molar-refractivity contribution in [2.45, 2.75) is 6.10 Å². The van der Waals surface area contributed by atoms with Crippen LogP contribution in [0.15, 0.2) is 84.9 Å². The highest BCUT2D eigenvalue weighted by Crippen LogP contribution is 2.24. The van der Waals surface area contributed by atoms with Gasteiger partial charge in [0.2, 0.25) is 5.78 Å². The number of carbonyl (C=O) groups excluding carboxylic acids is 2. The number of Topliss-reactive ketones (excluding diaryl/α,β-unsaturated/α-hetero) is 1. The maximum absolute atomic E-state index is 13.8. The van der Waals surface area contributed by atoms with Gasteiger partial charge in [0.05, 0.1) is 5.56 Å². The Morgan fingerprint density at radius 1 is 0.760 bits per heavy atom. The number of ether oxygens (including phenoxy) is 1. The van der Waals surface area contributed by atoms with E-state index in [4.69, 9.17) is 4.74 Å². The van der Waals surface area contributed by atoms with Crippen LogP contribution in [0.25, 0.3) is 0 Å². The van der Waals surface area contributed by atoms with Crippen LogP contribution in [0.1, 0.15) is 32.4 Å². The molecule has 0 aromatic heterocycles. The fraction of sp³-hybridized carbons (Fsp3) is 0.0476. The molecule has 0 fully saturated rings. The van der Waals surface area contributed by atoms with E-state index in [9.17, 15) is 14.0 Å². The zero-order valence-corrected chi connectivity index (χ0v) is 13.3. The first-order valence-corrected chi connectivity index (χ1v) is 7.76. The highest BCUT2D eigenvalue weighted by molar-refractivity contribution is 6.02. The fourth-order valence-corrected chi connectivity index (χ4v) is 2.45. The molecule has 0 spiro atoms. The molecule has 3 aromatic carbocycles. The Kier molecular flexibility index (Phi) is 5.00. The number of halogens is 1. The highest BCUT2D eigenvalue weighted by atomic mass is 19.1. The van der Waals surface area contributed by atoms with Gasteiger partial charge in [-0.25, -0.2) is 9.18 Å². The van der Waals surface area contributed by atoms with Gasteiger partial charge in [0.15, 0.2) is 6.10 Å². The summed E-state index contributed by atoms with van der Waals surface area (Å²) < 4.78 is 19.2. The Bertz CT molecular complexity index is 876. The zero-order valence-electron chi connectivity index (χ0n) is 13.3. The van der Waals surface area contributed by atoms with Crippen LogP contribution in [0, 0.1) is 5.82 Å². The van der Waals surface area contributed by atoms with E-state index in [-0.39, 0.29) is 11.3 Å². The molecule has 1 atom stereocenters. The van der Waals surface area contributed by atoms with Gasteiger partial charge in [0, 0.05) is 11.1 Å². The summed E-state index contributed by atoms with van der Waals surface area (Å²) in [4.78, 5) is 25.2. The highest BCUT2D eigenvalue weighted by Gasteiger charge is 2.27. The maximum Gasteiger partial charge on any atom is 0.342 e. The fourth-order valence-electron chi connectivity index (χ4n) is 2.45. The van der Waals surface area contributed by atoms with Gasteiger partial charge in [0.25, 0.3) is 0 Å². The predicted molar refractivity (Wildman–Crippen MR) is 91.8 cm³/mol. The minimum Gasteiger partial charge on any atom is -0.445 e. The molecule has 0 radical (unpaired) electrons. The molecular formula is C21H15FO3. The number of esters is 1. The molecular weight excluding hydrogens is 319 g/mol. The molecule has 0 saturated heterocycles. The van der Waals surface area contributed by atoms with Crippen LogP contribution in [0.2, 0.25) is 0 Å². The van der Waals surface area contributed by atoms with Crippen molar-refractivity contribution in [1.82, 2.24) is 0 Å². The lowest BCUT2D eigenvalue weighted by Gasteiger charge is -2.17. The van der Waals surface area contributed by atoms with Crippen molar-refractivity contribution in [1.29, 1.82) is 0 Å². The van der Waals surface area contributed by atoms with Gasteiger partial charge in [-0.15, -0.1) is 0 Å². The Morgan fingerprint density at radius 2 is 1.32 bits per heavy atom. The molecule has 0 amide bonds. The summed E-state index contributed by atoms with van der Waals surface area (Å²) in [5.74, 6) is -1.93. The van der Waals surface area contributed by atoms with E-state index in [2.05, 4.69) is 0 Å². The van der Waals surface area contributed by atoms with Gasteiger partial charge >= 0.3 is 5.97 Å². The molecule has 0 saturated carbocycles. The Labute approximate surface area is 144 Å². The zero-order chi connectivity index (χ0) is 17.6. The van der Waals surface area contributed by atoms with E-state index in [1.54, 1.807) is 60.7 Å². The molecule has 0 aliphatic rings. The van der Waals surface area contributed by atoms with Crippen molar-refractivity contribution in [2.24, 2.45) is 0 Å². The van der Waals surface area contributed by atoms with Crippen LogP contribution in [0.5, 0.6) is 0 Å². The molecule has 0 aliphatic heterocycles. The van der Waals surface area contributed by atoms with E-state index in [0.717, 1.165) is 0 Å². The lowest BCUT2D eigenvalue weighted by molar-refractivity contribution is 0.0275. The quantitative estimate of drug-likeness (QED) is 0.506. The topological polar surface area (TPSA) is 43.4 Å². The molecule has 0 aliphatic carbocycles. The second-order valence-electron chi connectivity index (χ2n) is 5.41. The van der Waals surface area contributed by atoms with Gasteiger partial charge in [0.1, 0.15) is 5.82 Å². The normalized spacial score (nSPS) is 11.6. The standard InChI is InChI=1S/C21H15FO3/c22-18-14-8-7-13-17(18)21(24)25-20(16-11-5-2-6-12-16)19(23)15-9-3-1-4-10-15/h1-14,20H/t20-/m1/s1. The number of benzene rings is 3. The number of rotatable bonds is 5. The first kappa shape index (κ1) is 16.6. The number of carbonyl (C=O) groups is 2. The van der Waals surface area contributed by atoms with Gasteiger partial charge < -0.3 is 4.74 Å². The monoisotopic (exact) mass is 334 g/mol. The molecule has 3 aromatic rings. The Hall–Kier alpha value is -3.27. The molecule has 0 N–H and O–H groups in total. The van der Waals surface area contributed by atoms with Crippen molar-refractivity contribution < 1.29 is 18.7 Å². The number of ketones is 1. The summed E-state index contributed by atoms with van der Waals surface area (Å²) in [6.45, 7) is 0. The summed E-state index contributed by atoms with van der Waals surface area (Å²) in [6.07, 6.45) is -1.14. The summed E-state index contributed by atoms with van der Waals surface area (Å²) in [5.41, 5.74) is 0.739.